The average molecular weight is 279 g/mol. The molecule has 112 valence electrons. The van der Waals surface area contributed by atoms with Gasteiger partial charge in [-0.2, -0.15) is 0 Å². The van der Waals surface area contributed by atoms with Crippen LogP contribution in [0.3, 0.4) is 0 Å². The zero-order valence-corrected chi connectivity index (χ0v) is 12.7. The first-order chi connectivity index (χ1) is 9.39. The van der Waals surface area contributed by atoms with Gasteiger partial charge in [-0.05, 0) is 45.2 Å². The van der Waals surface area contributed by atoms with Crippen LogP contribution in [-0.4, -0.2) is 17.6 Å². The summed E-state index contributed by atoms with van der Waals surface area (Å²) in [5.41, 5.74) is -1.40. The van der Waals surface area contributed by atoms with Crippen LogP contribution in [0.4, 0.5) is 0 Å². The van der Waals surface area contributed by atoms with Crippen molar-refractivity contribution in [3.8, 4) is 0 Å². The molecular weight excluding hydrogens is 254 g/mol. The molecule has 0 bridgehead atoms. The fraction of sp³-hybridized carbons (Fsp3) is 0.688. The van der Waals surface area contributed by atoms with Crippen LogP contribution in [-0.2, 0) is 10.4 Å². The Kier molecular flexibility index (Phi) is 4.23. The number of furan rings is 1. The fourth-order valence-electron chi connectivity index (χ4n) is 3.04. The van der Waals surface area contributed by atoms with Gasteiger partial charge in [0.15, 0.2) is 0 Å². The molecule has 0 radical (unpaired) electrons. The Hall–Kier alpha value is -1.29. The van der Waals surface area contributed by atoms with E-state index >= 15 is 0 Å². The first kappa shape index (κ1) is 15.1. The van der Waals surface area contributed by atoms with E-state index in [2.05, 4.69) is 12.2 Å². The van der Waals surface area contributed by atoms with Crippen LogP contribution < -0.4 is 5.32 Å². The molecule has 2 rings (SSSR count). The highest BCUT2D eigenvalue weighted by Gasteiger charge is 2.40. The predicted molar refractivity (Wildman–Crippen MR) is 77.2 cm³/mol. The third-order valence-corrected chi connectivity index (χ3v) is 4.58. The molecule has 0 aliphatic heterocycles. The Morgan fingerprint density at radius 3 is 2.60 bits per heavy atom. The standard InChI is InChI=1S/C16H25NO3/c1-4-16(9-5-6-10-16)14(18)17-11-15(3,19)13-8-7-12(2)20-13/h7-8,19H,4-6,9-11H2,1-3H3,(H,17,18). The van der Waals surface area contributed by atoms with Crippen LogP contribution in [0, 0.1) is 12.3 Å². The van der Waals surface area contributed by atoms with E-state index in [1.54, 1.807) is 13.0 Å². The number of aliphatic hydroxyl groups is 1. The molecule has 0 aromatic carbocycles. The van der Waals surface area contributed by atoms with E-state index in [-0.39, 0.29) is 17.9 Å². The van der Waals surface area contributed by atoms with E-state index in [4.69, 9.17) is 4.42 Å². The minimum absolute atomic E-state index is 0.0704. The highest BCUT2D eigenvalue weighted by atomic mass is 16.4. The number of hydrogen-bond donors (Lipinski definition) is 2. The first-order valence-electron chi connectivity index (χ1n) is 7.47. The molecule has 0 saturated heterocycles. The maximum Gasteiger partial charge on any atom is 0.226 e. The molecule has 1 atom stereocenters. The van der Waals surface area contributed by atoms with Gasteiger partial charge in [-0.3, -0.25) is 4.79 Å². The van der Waals surface area contributed by atoms with Gasteiger partial charge in [-0.25, -0.2) is 0 Å². The van der Waals surface area contributed by atoms with E-state index in [0.717, 1.165) is 37.9 Å². The second-order valence-electron chi connectivity index (χ2n) is 6.21. The summed E-state index contributed by atoms with van der Waals surface area (Å²) in [5, 5.41) is 13.4. The van der Waals surface area contributed by atoms with E-state index < -0.39 is 5.60 Å². The Morgan fingerprint density at radius 2 is 2.10 bits per heavy atom. The lowest BCUT2D eigenvalue weighted by Crippen LogP contribution is -2.45. The molecule has 1 amide bonds. The fourth-order valence-corrected chi connectivity index (χ4v) is 3.04. The summed E-state index contributed by atoms with van der Waals surface area (Å²) in [6, 6.07) is 3.57. The van der Waals surface area contributed by atoms with Gasteiger partial charge < -0.3 is 14.8 Å². The minimum Gasteiger partial charge on any atom is -0.463 e. The maximum absolute atomic E-state index is 12.4. The largest absolute Gasteiger partial charge is 0.463 e. The van der Waals surface area contributed by atoms with Crippen molar-refractivity contribution in [2.75, 3.05) is 6.54 Å². The van der Waals surface area contributed by atoms with E-state index in [0.29, 0.717) is 5.76 Å². The molecule has 1 aromatic heterocycles. The number of amides is 1. The summed E-state index contributed by atoms with van der Waals surface area (Å²) in [4.78, 5) is 12.4. The van der Waals surface area contributed by atoms with Gasteiger partial charge in [0.2, 0.25) is 5.91 Å². The Balaban J connectivity index is 1.99. The second-order valence-corrected chi connectivity index (χ2v) is 6.21. The van der Waals surface area contributed by atoms with Crippen molar-refractivity contribution >= 4 is 5.91 Å². The molecule has 20 heavy (non-hydrogen) atoms. The highest BCUT2D eigenvalue weighted by molar-refractivity contribution is 5.82. The summed E-state index contributed by atoms with van der Waals surface area (Å²) >= 11 is 0. The van der Waals surface area contributed by atoms with Gasteiger partial charge in [-0.15, -0.1) is 0 Å². The zero-order chi connectivity index (χ0) is 14.8. The van der Waals surface area contributed by atoms with Crippen LogP contribution in [0.25, 0.3) is 0 Å². The summed E-state index contributed by atoms with van der Waals surface area (Å²) in [5.74, 6) is 1.32. The number of rotatable bonds is 5. The van der Waals surface area contributed by atoms with Crippen molar-refractivity contribution < 1.29 is 14.3 Å². The molecule has 1 heterocycles. The Morgan fingerprint density at radius 1 is 1.45 bits per heavy atom. The highest BCUT2D eigenvalue weighted by Crippen LogP contribution is 2.41. The predicted octanol–water partition coefficient (Wildman–Crippen LogP) is 2.88. The van der Waals surface area contributed by atoms with Gasteiger partial charge in [0, 0.05) is 5.41 Å². The lowest BCUT2D eigenvalue weighted by molar-refractivity contribution is -0.132. The van der Waals surface area contributed by atoms with Gasteiger partial charge in [0.05, 0.1) is 6.54 Å². The monoisotopic (exact) mass is 279 g/mol. The third kappa shape index (κ3) is 2.90. The van der Waals surface area contributed by atoms with E-state index in [1.807, 2.05) is 13.0 Å². The van der Waals surface area contributed by atoms with Gasteiger partial charge in [0.25, 0.3) is 0 Å². The Bertz CT molecular complexity index is 470. The molecule has 2 N–H and O–H groups in total. The molecule has 1 unspecified atom stereocenters. The quantitative estimate of drug-likeness (QED) is 0.871. The van der Waals surface area contributed by atoms with Crippen molar-refractivity contribution in [3.63, 3.8) is 0 Å². The molecule has 0 spiro atoms. The molecule has 1 aromatic rings. The lowest BCUT2D eigenvalue weighted by atomic mass is 9.82. The van der Waals surface area contributed by atoms with Crippen molar-refractivity contribution in [2.24, 2.45) is 5.41 Å². The van der Waals surface area contributed by atoms with Gasteiger partial charge >= 0.3 is 0 Å². The normalized spacial score (nSPS) is 20.6. The molecule has 1 aliphatic carbocycles. The molecule has 4 heteroatoms. The molecule has 1 fully saturated rings. The summed E-state index contributed by atoms with van der Waals surface area (Å²) < 4.78 is 5.46. The average Bonchev–Trinajstić information content (AvgIpc) is 3.05. The number of hydrogen-bond acceptors (Lipinski definition) is 3. The van der Waals surface area contributed by atoms with Crippen molar-refractivity contribution in [1.82, 2.24) is 5.32 Å². The maximum atomic E-state index is 12.4. The van der Waals surface area contributed by atoms with Crippen molar-refractivity contribution in [2.45, 2.75) is 58.5 Å². The van der Waals surface area contributed by atoms with Gasteiger partial charge in [-0.1, -0.05) is 19.8 Å². The van der Waals surface area contributed by atoms with Crippen LogP contribution >= 0.6 is 0 Å². The molecule has 1 aliphatic rings. The molecular formula is C16H25NO3. The van der Waals surface area contributed by atoms with Crippen LogP contribution in [0.15, 0.2) is 16.5 Å². The topological polar surface area (TPSA) is 62.5 Å². The number of carbonyl (C=O) groups is 1. The van der Waals surface area contributed by atoms with Crippen molar-refractivity contribution in [3.05, 3.63) is 23.7 Å². The van der Waals surface area contributed by atoms with Crippen molar-refractivity contribution in [1.29, 1.82) is 0 Å². The van der Waals surface area contributed by atoms with Crippen LogP contribution in [0.5, 0.6) is 0 Å². The third-order valence-electron chi connectivity index (χ3n) is 4.58. The van der Waals surface area contributed by atoms with E-state index in [1.165, 1.54) is 0 Å². The van der Waals surface area contributed by atoms with Crippen LogP contribution in [0.2, 0.25) is 0 Å². The van der Waals surface area contributed by atoms with E-state index in [9.17, 15) is 9.90 Å². The minimum atomic E-state index is -1.17. The number of nitrogens with one attached hydrogen (secondary N) is 1. The summed E-state index contributed by atoms with van der Waals surface area (Å²) in [6.45, 7) is 5.75. The van der Waals surface area contributed by atoms with Gasteiger partial charge in [0.1, 0.15) is 17.1 Å². The lowest BCUT2D eigenvalue weighted by Gasteiger charge is -2.29. The number of aryl methyl sites for hydroxylation is 1. The molecule has 4 nitrogen and oxygen atoms in total. The SMILES string of the molecule is CCC1(C(=O)NCC(C)(O)c2ccc(C)o2)CCCC1. The van der Waals surface area contributed by atoms with Crippen LogP contribution in [0.1, 0.15) is 57.5 Å². The second kappa shape index (κ2) is 5.60. The Labute approximate surface area is 120 Å². The zero-order valence-electron chi connectivity index (χ0n) is 12.7. The molecule has 1 saturated carbocycles. The smallest absolute Gasteiger partial charge is 0.226 e. The summed E-state index contributed by atoms with van der Waals surface area (Å²) in [6.07, 6.45) is 5.01. The number of carbonyl (C=O) groups excluding carboxylic acids is 1. The first-order valence-corrected chi connectivity index (χ1v) is 7.47. The summed E-state index contributed by atoms with van der Waals surface area (Å²) in [7, 11) is 0.